The van der Waals surface area contributed by atoms with Crippen LogP contribution in [0.4, 0.5) is 5.69 Å². The van der Waals surface area contributed by atoms with Gasteiger partial charge in [-0.3, -0.25) is 0 Å². The zero-order chi connectivity index (χ0) is 12.3. The monoisotopic (exact) mass is 252 g/mol. The summed E-state index contributed by atoms with van der Waals surface area (Å²) in [5, 5.41) is 0. The van der Waals surface area contributed by atoms with Gasteiger partial charge >= 0.3 is 0 Å². The molecule has 1 heterocycles. The highest BCUT2D eigenvalue weighted by atomic mass is 32.2. The Morgan fingerprint density at radius 3 is 2.41 bits per heavy atom. The Hall–Kier alpha value is -0.710. The molecular weight excluding hydrogens is 232 g/mol. The maximum Gasteiger partial charge on any atom is 0.0574 e. The van der Waals surface area contributed by atoms with E-state index >= 15 is 0 Å². The first-order valence-corrected chi connectivity index (χ1v) is 7.05. The number of rotatable bonds is 5. The summed E-state index contributed by atoms with van der Waals surface area (Å²) in [6.45, 7) is 3.23. The van der Waals surface area contributed by atoms with Crippen molar-refractivity contribution in [3.63, 3.8) is 0 Å². The number of nitrogens with two attached hydrogens (primary N) is 1. The van der Waals surface area contributed by atoms with Gasteiger partial charge in [-0.15, -0.1) is 11.8 Å². The number of ether oxygens (including phenoxy) is 1. The van der Waals surface area contributed by atoms with E-state index in [1.165, 1.54) is 10.6 Å². The van der Waals surface area contributed by atoms with Crippen LogP contribution in [-0.2, 0) is 4.74 Å². The fraction of sp³-hybridized carbons (Fsp3) is 0.538. The van der Waals surface area contributed by atoms with Crippen LogP contribution in [-0.4, -0.2) is 39.6 Å². The lowest BCUT2D eigenvalue weighted by molar-refractivity contribution is -0.101. The summed E-state index contributed by atoms with van der Waals surface area (Å²) in [6.07, 6.45) is 2.09. The van der Waals surface area contributed by atoms with Gasteiger partial charge in [0, 0.05) is 36.1 Å². The van der Waals surface area contributed by atoms with Gasteiger partial charge in [0.05, 0.1) is 13.2 Å². The van der Waals surface area contributed by atoms with E-state index in [1.54, 1.807) is 11.8 Å². The van der Waals surface area contributed by atoms with Crippen molar-refractivity contribution in [1.29, 1.82) is 0 Å². The number of hydrogen-bond acceptors (Lipinski definition) is 4. The lowest BCUT2D eigenvalue weighted by atomic mass is 9.85. The molecule has 0 bridgehead atoms. The highest BCUT2D eigenvalue weighted by Crippen LogP contribution is 2.29. The molecule has 1 aliphatic heterocycles. The Labute approximate surface area is 107 Å². The summed E-state index contributed by atoms with van der Waals surface area (Å²) in [5.41, 5.74) is 7.23. The first-order chi connectivity index (χ1) is 8.19. The highest BCUT2D eigenvalue weighted by Gasteiger charge is 2.38. The van der Waals surface area contributed by atoms with E-state index in [4.69, 9.17) is 10.5 Å². The second-order valence-corrected chi connectivity index (χ2v) is 5.63. The fourth-order valence-electron chi connectivity index (χ4n) is 2.10. The largest absolute Gasteiger partial charge is 0.380 e. The van der Waals surface area contributed by atoms with Gasteiger partial charge in [0.15, 0.2) is 0 Å². The number of hydrogen-bond donors (Lipinski definition) is 1. The van der Waals surface area contributed by atoms with Gasteiger partial charge in [-0.25, -0.2) is 0 Å². The zero-order valence-corrected chi connectivity index (χ0v) is 11.3. The molecule has 0 amide bonds. The minimum Gasteiger partial charge on any atom is -0.380 e. The van der Waals surface area contributed by atoms with E-state index in [-0.39, 0.29) is 5.41 Å². The van der Waals surface area contributed by atoms with Gasteiger partial charge in [0.1, 0.15) is 0 Å². The van der Waals surface area contributed by atoms with Gasteiger partial charge in [-0.1, -0.05) is 0 Å². The summed E-state index contributed by atoms with van der Waals surface area (Å²) >= 11 is 1.76. The lowest BCUT2D eigenvalue weighted by Crippen LogP contribution is -2.54. The average Bonchev–Trinajstić information content (AvgIpc) is 2.33. The number of thioether (sulfide) groups is 1. The van der Waals surface area contributed by atoms with Crippen molar-refractivity contribution in [3.05, 3.63) is 24.3 Å². The van der Waals surface area contributed by atoms with Crippen molar-refractivity contribution in [2.75, 3.05) is 44.5 Å². The molecule has 17 heavy (non-hydrogen) atoms. The topological polar surface area (TPSA) is 38.5 Å². The van der Waals surface area contributed by atoms with Gasteiger partial charge in [0.25, 0.3) is 0 Å². The van der Waals surface area contributed by atoms with Crippen molar-refractivity contribution in [1.82, 2.24) is 0 Å². The number of nitrogens with zero attached hydrogens (tertiary/aromatic N) is 1. The molecule has 0 radical (unpaired) electrons. The molecule has 0 aliphatic carbocycles. The van der Waals surface area contributed by atoms with Crippen molar-refractivity contribution >= 4 is 17.4 Å². The summed E-state index contributed by atoms with van der Waals surface area (Å²) in [7, 11) is 2.11. The van der Waals surface area contributed by atoms with Crippen LogP contribution in [0.15, 0.2) is 29.2 Å². The molecule has 1 aliphatic rings. The van der Waals surface area contributed by atoms with Crippen LogP contribution in [0, 0.1) is 5.41 Å². The quantitative estimate of drug-likeness (QED) is 0.811. The van der Waals surface area contributed by atoms with Crippen LogP contribution >= 0.6 is 11.8 Å². The van der Waals surface area contributed by atoms with E-state index in [0.717, 1.165) is 19.8 Å². The molecule has 94 valence electrons. The molecule has 0 atom stereocenters. The molecule has 0 spiro atoms. The lowest BCUT2D eigenvalue weighted by Gasteiger charge is -2.43. The fourth-order valence-corrected chi connectivity index (χ4v) is 2.50. The summed E-state index contributed by atoms with van der Waals surface area (Å²) in [6, 6.07) is 8.64. The Kier molecular flexibility index (Phi) is 3.97. The molecule has 0 unspecified atom stereocenters. The predicted octanol–water partition coefficient (Wildman–Crippen LogP) is 1.82. The van der Waals surface area contributed by atoms with E-state index in [1.807, 2.05) is 0 Å². The first-order valence-electron chi connectivity index (χ1n) is 5.82. The van der Waals surface area contributed by atoms with Crippen LogP contribution < -0.4 is 10.6 Å². The maximum absolute atomic E-state index is 5.83. The van der Waals surface area contributed by atoms with Crippen LogP contribution in [0.2, 0.25) is 0 Å². The van der Waals surface area contributed by atoms with Crippen LogP contribution in [0.1, 0.15) is 0 Å². The van der Waals surface area contributed by atoms with E-state index in [9.17, 15) is 0 Å². The molecule has 2 N–H and O–H groups in total. The second kappa shape index (κ2) is 5.29. The third-order valence-corrected chi connectivity index (χ3v) is 4.08. The van der Waals surface area contributed by atoms with Crippen molar-refractivity contribution < 1.29 is 4.74 Å². The molecule has 2 rings (SSSR count). The molecule has 1 fully saturated rings. The molecule has 0 aromatic heterocycles. The zero-order valence-electron chi connectivity index (χ0n) is 10.5. The van der Waals surface area contributed by atoms with Crippen LogP contribution in [0.5, 0.6) is 0 Å². The molecule has 4 heteroatoms. The Morgan fingerprint density at radius 1 is 1.35 bits per heavy atom. The Balaban J connectivity index is 2.01. The van der Waals surface area contributed by atoms with Gasteiger partial charge in [-0.05, 0) is 30.5 Å². The number of benzene rings is 1. The maximum atomic E-state index is 5.83. The standard InChI is InChI=1S/C13H20N2OS/c1-15(8-13(7-14)9-16-10-13)11-3-5-12(17-2)6-4-11/h3-6H,7-10,14H2,1-2H3. The molecule has 1 aromatic rings. The molecule has 1 aromatic carbocycles. The van der Waals surface area contributed by atoms with Crippen molar-refractivity contribution in [2.24, 2.45) is 11.1 Å². The van der Waals surface area contributed by atoms with Gasteiger partial charge in [0.2, 0.25) is 0 Å². The third kappa shape index (κ3) is 2.76. The van der Waals surface area contributed by atoms with Crippen molar-refractivity contribution in [3.8, 4) is 0 Å². The normalized spacial score (nSPS) is 17.6. The molecule has 3 nitrogen and oxygen atoms in total. The molecular formula is C13H20N2OS. The van der Waals surface area contributed by atoms with Crippen LogP contribution in [0.3, 0.4) is 0 Å². The van der Waals surface area contributed by atoms with E-state index in [0.29, 0.717) is 6.54 Å². The molecule has 0 saturated carbocycles. The van der Waals surface area contributed by atoms with Crippen molar-refractivity contribution in [2.45, 2.75) is 4.90 Å². The molecule has 1 saturated heterocycles. The summed E-state index contributed by atoms with van der Waals surface area (Å²) < 4.78 is 5.29. The predicted molar refractivity (Wildman–Crippen MR) is 73.8 cm³/mol. The minimum absolute atomic E-state index is 0.160. The SMILES string of the molecule is CSc1ccc(N(C)CC2(CN)COC2)cc1. The summed E-state index contributed by atoms with van der Waals surface area (Å²) in [5.74, 6) is 0. The Morgan fingerprint density at radius 2 is 2.00 bits per heavy atom. The first kappa shape index (κ1) is 12.7. The minimum atomic E-state index is 0.160. The van der Waals surface area contributed by atoms with Crippen LogP contribution in [0.25, 0.3) is 0 Å². The second-order valence-electron chi connectivity index (χ2n) is 4.75. The highest BCUT2D eigenvalue weighted by molar-refractivity contribution is 7.98. The van der Waals surface area contributed by atoms with Gasteiger partial charge in [-0.2, -0.15) is 0 Å². The Bertz CT molecular complexity index is 357. The average molecular weight is 252 g/mol. The van der Waals surface area contributed by atoms with E-state index in [2.05, 4.69) is 42.5 Å². The smallest absolute Gasteiger partial charge is 0.0574 e. The third-order valence-electron chi connectivity index (χ3n) is 3.34. The van der Waals surface area contributed by atoms with E-state index < -0.39 is 0 Å². The summed E-state index contributed by atoms with van der Waals surface area (Å²) in [4.78, 5) is 3.56. The number of anilines is 1. The van der Waals surface area contributed by atoms with Gasteiger partial charge < -0.3 is 15.4 Å².